The highest BCUT2D eigenvalue weighted by atomic mass is 32.1. The molecule has 1 aromatic heterocycles. The molecule has 11 heavy (non-hydrogen) atoms. The Morgan fingerprint density at radius 1 is 1.64 bits per heavy atom. The van der Waals surface area contributed by atoms with Gasteiger partial charge in [-0.3, -0.25) is 0 Å². The molecule has 0 radical (unpaired) electrons. The van der Waals surface area contributed by atoms with Crippen molar-refractivity contribution in [2.24, 2.45) is 5.73 Å². The Morgan fingerprint density at radius 3 is 3.27 bits per heavy atom. The second-order valence-corrected chi connectivity index (χ2v) is 4.38. The third kappa shape index (κ3) is 1.21. The van der Waals surface area contributed by atoms with Crippen LogP contribution in [0.4, 0.5) is 0 Å². The first kappa shape index (κ1) is 7.32. The van der Waals surface area contributed by atoms with Gasteiger partial charge in [0.15, 0.2) is 0 Å². The van der Waals surface area contributed by atoms with E-state index in [0.29, 0.717) is 6.04 Å². The zero-order valence-electron chi connectivity index (χ0n) is 6.76. The number of thiophene rings is 1. The summed E-state index contributed by atoms with van der Waals surface area (Å²) in [6, 6.07) is 0.413. The van der Waals surface area contributed by atoms with Crippen LogP contribution in [0.25, 0.3) is 0 Å². The van der Waals surface area contributed by atoms with Crippen LogP contribution in [0, 0.1) is 6.92 Å². The fraction of sp³-hybridized carbons (Fsp3) is 0.556. The lowest BCUT2D eigenvalue weighted by molar-refractivity contribution is 0.578. The first-order valence-corrected chi connectivity index (χ1v) is 4.97. The van der Waals surface area contributed by atoms with Crippen LogP contribution in [-0.4, -0.2) is 6.04 Å². The molecule has 1 aliphatic carbocycles. The van der Waals surface area contributed by atoms with Crippen molar-refractivity contribution in [2.45, 2.75) is 32.2 Å². The normalized spacial score (nSPS) is 23.3. The first-order valence-electron chi connectivity index (χ1n) is 4.09. The van der Waals surface area contributed by atoms with E-state index < -0.39 is 0 Å². The van der Waals surface area contributed by atoms with E-state index in [9.17, 15) is 0 Å². The van der Waals surface area contributed by atoms with Crippen molar-refractivity contribution in [2.75, 3.05) is 0 Å². The molecule has 0 spiro atoms. The van der Waals surface area contributed by atoms with Crippen molar-refractivity contribution in [3.63, 3.8) is 0 Å². The molecule has 1 aromatic rings. The fourth-order valence-electron chi connectivity index (χ4n) is 1.75. The number of nitrogens with two attached hydrogens (primary N) is 1. The number of rotatable bonds is 0. The van der Waals surface area contributed by atoms with Gasteiger partial charge in [0.1, 0.15) is 0 Å². The van der Waals surface area contributed by atoms with Crippen LogP contribution in [0.1, 0.15) is 22.4 Å². The topological polar surface area (TPSA) is 26.0 Å². The van der Waals surface area contributed by atoms with Gasteiger partial charge < -0.3 is 5.73 Å². The quantitative estimate of drug-likeness (QED) is 0.627. The van der Waals surface area contributed by atoms with Gasteiger partial charge in [0.2, 0.25) is 0 Å². The Kier molecular flexibility index (Phi) is 1.74. The minimum Gasteiger partial charge on any atom is -0.327 e. The highest BCUT2D eigenvalue weighted by Crippen LogP contribution is 2.28. The van der Waals surface area contributed by atoms with Crippen molar-refractivity contribution in [1.82, 2.24) is 0 Å². The van der Waals surface area contributed by atoms with Gasteiger partial charge in [-0.05, 0) is 42.7 Å². The lowest BCUT2D eigenvalue weighted by Gasteiger charge is -2.18. The number of aryl methyl sites for hydroxylation is 1. The molecular weight excluding hydrogens is 154 g/mol. The molecule has 1 nitrogen and oxygen atoms in total. The first-order chi connectivity index (χ1) is 5.27. The monoisotopic (exact) mass is 167 g/mol. The Labute approximate surface area is 71.2 Å². The molecule has 1 heterocycles. The standard InChI is InChI=1S/C9H13NS/c1-6-9-3-2-8(10)4-7(9)5-11-6/h5,8H,2-4,10H2,1H3. The van der Waals surface area contributed by atoms with Gasteiger partial charge in [-0.15, -0.1) is 11.3 Å². The van der Waals surface area contributed by atoms with Crippen molar-refractivity contribution in [1.29, 1.82) is 0 Å². The molecule has 1 unspecified atom stereocenters. The zero-order valence-corrected chi connectivity index (χ0v) is 7.58. The van der Waals surface area contributed by atoms with Crippen molar-refractivity contribution >= 4 is 11.3 Å². The van der Waals surface area contributed by atoms with Crippen molar-refractivity contribution in [3.8, 4) is 0 Å². The summed E-state index contributed by atoms with van der Waals surface area (Å²) in [5.41, 5.74) is 8.95. The van der Waals surface area contributed by atoms with Crippen LogP contribution >= 0.6 is 11.3 Å². The summed E-state index contributed by atoms with van der Waals surface area (Å²) in [6.45, 7) is 2.21. The summed E-state index contributed by atoms with van der Waals surface area (Å²) < 4.78 is 0. The Hall–Kier alpha value is -0.340. The molecule has 0 saturated heterocycles. The van der Waals surface area contributed by atoms with Gasteiger partial charge >= 0.3 is 0 Å². The lowest BCUT2D eigenvalue weighted by Crippen LogP contribution is -2.27. The van der Waals surface area contributed by atoms with Gasteiger partial charge in [0, 0.05) is 10.9 Å². The molecule has 0 amide bonds. The SMILES string of the molecule is Cc1scc2c1CCC(N)C2. The van der Waals surface area contributed by atoms with E-state index in [-0.39, 0.29) is 0 Å². The van der Waals surface area contributed by atoms with E-state index in [2.05, 4.69) is 12.3 Å². The predicted octanol–water partition coefficient (Wildman–Crippen LogP) is 1.87. The predicted molar refractivity (Wildman–Crippen MR) is 49.1 cm³/mol. The second-order valence-electron chi connectivity index (χ2n) is 3.30. The van der Waals surface area contributed by atoms with Crippen LogP contribution in [0.5, 0.6) is 0 Å². The second kappa shape index (κ2) is 2.61. The largest absolute Gasteiger partial charge is 0.327 e. The summed E-state index contributed by atoms with van der Waals surface area (Å²) in [5, 5.41) is 2.27. The van der Waals surface area contributed by atoms with E-state index in [4.69, 9.17) is 5.73 Å². The Morgan fingerprint density at radius 2 is 2.45 bits per heavy atom. The minimum atomic E-state index is 0.413. The molecule has 0 aliphatic heterocycles. The smallest absolute Gasteiger partial charge is 0.00828 e. The van der Waals surface area contributed by atoms with E-state index in [0.717, 1.165) is 6.42 Å². The highest BCUT2D eigenvalue weighted by molar-refractivity contribution is 7.10. The van der Waals surface area contributed by atoms with Crippen LogP contribution in [0.2, 0.25) is 0 Å². The molecule has 2 rings (SSSR count). The third-order valence-corrected chi connectivity index (χ3v) is 3.44. The van der Waals surface area contributed by atoms with Gasteiger partial charge in [-0.25, -0.2) is 0 Å². The van der Waals surface area contributed by atoms with Gasteiger partial charge in [0.05, 0.1) is 0 Å². The van der Waals surface area contributed by atoms with Gasteiger partial charge in [0.25, 0.3) is 0 Å². The van der Waals surface area contributed by atoms with E-state index in [1.165, 1.54) is 23.3 Å². The molecular formula is C9H13NS. The van der Waals surface area contributed by atoms with Crippen molar-refractivity contribution < 1.29 is 0 Å². The molecule has 0 fully saturated rings. The van der Waals surface area contributed by atoms with Crippen LogP contribution in [-0.2, 0) is 12.8 Å². The summed E-state index contributed by atoms with van der Waals surface area (Å²) in [4.78, 5) is 1.49. The maximum Gasteiger partial charge on any atom is 0.00828 e. The zero-order chi connectivity index (χ0) is 7.84. The van der Waals surface area contributed by atoms with Gasteiger partial charge in [-0.2, -0.15) is 0 Å². The van der Waals surface area contributed by atoms with E-state index in [1.54, 1.807) is 5.56 Å². The Bertz CT molecular complexity index is 265. The maximum atomic E-state index is 5.86. The summed E-state index contributed by atoms with van der Waals surface area (Å²) in [5.74, 6) is 0. The molecule has 60 valence electrons. The molecule has 1 atom stereocenters. The molecule has 0 aromatic carbocycles. The molecule has 0 saturated carbocycles. The van der Waals surface area contributed by atoms with Crippen LogP contribution in [0.3, 0.4) is 0 Å². The summed E-state index contributed by atoms with van der Waals surface area (Å²) in [6.07, 6.45) is 3.47. The number of fused-ring (bicyclic) bond motifs is 1. The molecule has 0 bridgehead atoms. The average molecular weight is 167 g/mol. The summed E-state index contributed by atoms with van der Waals surface area (Å²) >= 11 is 1.87. The van der Waals surface area contributed by atoms with Crippen LogP contribution in [0.15, 0.2) is 5.38 Å². The molecule has 2 N–H and O–H groups in total. The van der Waals surface area contributed by atoms with Gasteiger partial charge in [-0.1, -0.05) is 0 Å². The average Bonchev–Trinajstić information content (AvgIpc) is 2.32. The van der Waals surface area contributed by atoms with E-state index in [1.807, 2.05) is 11.3 Å². The number of hydrogen-bond donors (Lipinski definition) is 1. The minimum absolute atomic E-state index is 0.413. The van der Waals surface area contributed by atoms with Crippen molar-refractivity contribution in [3.05, 3.63) is 21.4 Å². The Balaban J connectivity index is 2.36. The maximum absolute atomic E-state index is 5.86. The lowest BCUT2D eigenvalue weighted by atomic mass is 9.91. The fourth-order valence-corrected chi connectivity index (χ4v) is 2.68. The highest BCUT2D eigenvalue weighted by Gasteiger charge is 2.17. The van der Waals surface area contributed by atoms with Crippen LogP contribution < -0.4 is 5.73 Å². The molecule has 1 aliphatic rings. The number of hydrogen-bond acceptors (Lipinski definition) is 2. The van der Waals surface area contributed by atoms with E-state index >= 15 is 0 Å². The third-order valence-electron chi connectivity index (χ3n) is 2.44. The summed E-state index contributed by atoms with van der Waals surface area (Å²) in [7, 11) is 0. The molecule has 2 heteroatoms.